The van der Waals surface area contributed by atoms with E-state index in [0.29, 0.717) is 5.92 Å². The lowest BCUT2D eigenvalue weighted by atomic mass is 10.0. The lowest BCUT2D eigenvalue weighted by molar-refractivity contribution is 0.246. The van der Waals surface area contributed by atoms with Crippen molar-refractivity contribution in [1.82, 2.24) is 0 Å². The maximum Gasteiger partial charge on any atom is 0.0582 e. The number of rotatable bonds is 4. The van der Waals surface area contributed by atoms with Crippen molar-refractivity contribution in [1.29, 1.82) is 0 Å². The van der Waals surface area contributed by atoms with Crippen LogP contribution in [0, 0.1) is 5.92 Å². The molecule has 2 atom stereocenters. The van der Waals surface area contributed by atoms with Gasteiger partial charge in [0.25, 0.3) is 0 Å². The van der Waals surface area contributed by atoms with Crippen LogP contribution in [-0.2, 0) is 0 Å². The largest absolute Gasteiger partial charge is 0.395 e. The fourth-order valence-corrected chi connectivity index (χ4v) is 0.758. The Morgan fingerprint density at radius 1 is 1.56 bits per heavy atom. The van der Waals surface area contributed by atoms with E-state index in [-0.39, 0.29) is 12.6 Å². The van der Waals surface area contributed by atoms with Crippen LogP contribution in [0.5, 0.6) is 0 Å². The van der Waals surface area contributed by atoms with Gasteiger partial charge >= 0.3 is 0 Å². The maximum atomic E-state index is 8.55. The first-order valence-corrected chi connectivity index (χ1v) is 3.57. The Morgan fingerprint density at radius 2 is 2.11 bits per heavy atom. The molecule has 56 valence electrons. The summed E-state index contributed by atoms with van der Waals surface area (Å²) >= 11 is 0. The van der Waals surface area contributed by atoms with Crippen molar-refractivity contribution in [3.05, 3.63) is 0 Å². The average Bonchev–Trinajstić information content (AvgIpc) is 1.87. The van der Waals surface area contributed by atoms with Gasteiger partial charge in [0.05, 0.1) is 6.61 Å². The van der Waals surface area contributed by atoms with Crippen molar-refractivity contribution >= 4 is 0 Å². The van der Waals surface area contributed by atoms with Gasteiger partial charge in [-0.25, -0.2) is 0 Å². The first kappa shape index (κ1) is 8.92. The van der Waals surface area contributed by atoms with Gasteiger partial charge in [0.1, 0.15) is 0 Å². The van der Waals surface area contributed by atoms with E-state index in [9.17, 15) is 0 Å². The second-order valence-corrected chi connectivity index (χ2v) is 2.69. The van der Waals surface area contributed by atoms with Crippen LogP contribution in [0.15, 0.2) is 0 Å². The van der Waals surface area contributed by atoms with Gasteiger partial charge in [0, 0.05) is 6.04 Å². The molecule has 0 aromatic rings. The van der Waals surface area contributed by atoms with Gasteiger partial charge in [-0.1, -0.05) is 20.3 Å². The molecule has 0 saturated heterocycles. The third-order valence-corrected chi connectivity index (χ3v) is 1.64. The van der Waals surface area contributed by atoms with Crippen molar-refractivity contribution in [3.8, 4) is 0 Å². The SMILES string of the molecule is CC[C@@H](C)C[C@@H](N)CO. The molecule has 9 heavy (non-hydrogen) atoms. The highest BCUT2D eigenvalue weighted by molar-refractivity contribution is 4.62. The standard InChI is InChI=1S/C7H17NO/c1-3-6(2)4-7(8)5-9/h6-7,9H,3-5,8H2,1-2H3/t6-,7-/m1/s1. The molecule has 0 unspecified atom stereocenters. The lowest BCUT2D eigenvalue weighted by Gasteiger charge is -2.12. The summed E-state index contributed by atoms with van der Waals surface area (Å²) in [5.74, 6) is 0.646. The van der Waals surface area contributed by atoms with Gasteiger partial charge < -0.3 is 10.8 Å². The quantitative estimate of drug-likeness (QED) is 0.591. The van der Waals surface area contributed by atoms with E-state index >= 15 is 0 Å². The molecule has 0 rings (SSSR count). The highest BCUT2D eigenvalue weighted by atomic mass is 16.3. The van der Waals surface area contributed by atoms with E-state index in [0.717, 1.165) is 12.8 Å². The van der Waals surface area contributed by atoms with Gasteiger partial charge in [-0.15, -0.1) is 0 Å². The normalized spacial score (nSPS) is 17.3. The zero-order chi connectivity index (χ0) is 7.28. The summed E-state index contributed by atoms with van der Waals surface area (Å²) in [7, 11) is 0. The van der Waals surface area contributed by atoms with E-state index in [2.05, 4.69) is 13.8 Å². The molecule has 0 aromatic heterocycles. The molecule has 0 radical (unpaired) electrons. The molecule has 0 saturated carbocycles. The first-order valence-electron chi connectivity index (χ1n) is 3.57. The summed E-state index contributed by atoms with van der Waals surface area (Å²) in [5, 5.41) is 8.55. The van der Waals surface area contributed by atoms with Crippen molar-refractivity contribution in [2.75, 3.05) is 6.61 Å². The number of nitrogens with two attached hydrogens (primary N) is 1. The summed E-state index contributed by atoms with van der Waals surface area (Å²) in [6.07, 6.45) is 2.08. The number of aliphatic hydroxyl groups is 1. The number of hydrogen-bond donors (Lipinski definition) is 2. The Bertz CT molecular complexity index is 57.9. The van der Waals surface area contributed by atoms with Crippen LogP contribution in [-0.4, -0.2) is 17.8 Å². The molecule has 2 heteroatoms. The summed E-state index contributed by atoms with van der Waals surface area (Å²) in [6, 6.07) is -0.0139. The minimum absolute atomic E-state index is 0.0139. The number of aliphatic hydroxyl groups excluding tert-OH is 1. The predicted molar refractivity (Wildman–Crippen MR) is 39.1 cm³/mol. The Morgan fingerprint density at radius 3 is 2.44 bits per heavy atom. The second-order valence-electron chi connectivity index (χ2n) is 2.69. The monoisotopic (exact) mass is 131 g/mol. The fraction of sp³-hybridized carbons (Fsp3) is 1.00. The van der Waals surface area contributed by atoms with E-state index in [4.69, 9.17) is 10.8 Å². The Kier molecular flexibility index (Phi) is 4.72. The average molecular weight is 131 g/mol. The Hall–Kier alpha value is -0.0800. The topological polar surface area (TPSA) is 46.2 Å². The summed E-state index contributed by atoms with van der Waals surface area (Å²) in [4.78, 5) is 0. The zero-order valence-corrected chi connectivity index (χ0v) is 6.30. The van der Waals surface area contributed by atoms with Crippen molar-refractivity contribution in [2.24, 2.45) is 11.7 Å². The lowest BCUT2D eigenvalue weighted by Crippen LogP contribution is -2.26. The molecule has 2 nitrogen and oxygen atoms in total. The third kappa shape index (κ3) is 4.43. The van der Waals surface area contributed by atoms with E-state index < -0.39 is 0 Å². The summed E-state index contributed by atoms with van der Waals surface area (Å²) in [6.45, 7) is 4.40. The maximum absolute atomic E-state index is 8.55. The zero-order valence-electron chi connectivity index (χ0n) is 6.30. The first-order chi connectivity index (χ1) is 4.20. The predicted octanol–water partition coefficient (Wildman–Crippen LogP) is 0.742. The summed E-state index contributed by atoms with van der Waals surface area (Å²) < 4.78 is 0. The molecular weight excluding hydrogens is 114 g/mol. The van der Waals surface area contributed by atoms with Crippen molar-refractivity contribution in [2.45, 2.75) is 32.7 Å². The van der Waals surface area contributed by atoms with Crippen LogP contribution in [0.1, 0.15) is 26.7 Å². The molecule has 0 bridgehead atoms. The van der Waals surface area contributed by atoms with Crippen molar-refractivity contribution < 1.29 is 5.11 Å². The fourth-order valence-electron chi connectivity index (χ4n) is 0.758. The molecule has 0 heterocycles. The van der Waals surface area contributed by atoms with Gasteiger partial charge in [-0.05, 0) is 12.3 Å². The van der Waals surface area contributed by atoms with Crippen LogP contribution < -0.4 is 5.73 Å². The summed E-state index contributed by atoms with van der Waals surface area (Å²) in [5.41, 5.74) is 5.50. The van der Waals surface area contributed by atoms with E-state index in [1.165, 1.54) is 0 Å². The van der Waals surface area contributed by atoms with Crippen LogP contribution in [0.4, 0.5) is 0 Å². The van der Waals surface area contributed by atoms with E-state index in [1.54, 1.807) is 0 Å². The highest BCUT2D eigenvalue weighted by Gasteiger charge is 2.04. The molecule has 0 aliphatic heterocycles. The van der Waals surface area contributed by atoms with Crippen molar-refractivity contribution in [3.63, 3.8) is 0 Å². The van der Waals surface area contributed by atoms with Crippen LogP contribution in [0.25, 0.3) is 0 Å². The van der Waals surface area contributed by atoms with Crippen LogP contribution in [0.3, 0.4) is 0 Å². The smallest absolute Gasteiger partial charge is 0.0582 e. The van der Waals surface area contributed by atoms with Crippen LogP contribution >= 0.6 is 0 Å². The molecule has 0 aromatic carbocycles. The number of hydrogen-bond acceptors (Lipinski definition) is 2. The molecule has 0 spiro atoms. The molecule has 3 N–H and O–H groups in total. The third-order valence-electron chi connectivity index (χ3n) is 1.64. The molecular formula is C7H17NO. The minimum Gasteiger partial charge on any atom is -0.395 e. The van der Waals surface area contributed by atoms with Gasteiger partial charge in [-0.3, -0.25) is 0 Å². The van der Waals surface area contributed by atoms with Crippen LogP contribution in [0.2, 0.25) is 0 Å². The Labute approximate surface area is 57.1 Å². The highest BCUT2D eigenvalue weighted by Crippen LogP contribution is 2.07. The molecule has 0 fully saturated rings. The molecule has 0 amide bonds. The Balaban J connectivity index is 3.22. The van der Waals surface area contributed by atoms with Gasteiger partial charge in [0.2, 0.25) is 0 Å². The molecule has 0 aliphatic rings. The second kappa shape index (κ2) is 4.77. The molecule has 0 aliphatic carbocycles. The van der Waals surface area contributed by atoms with E-state index in [1.807, 2.05) is 0 Å². The minimum atomic E-state index is -0.0139. The van der Waals surface area contributed by atoms with Gasteiger partial charge in [0.15, 0.2) is 0 Å². The van der Waals surface area contributed by atoms with Gasteiger partial charge in [-0.2, -0.15) is 0 Å².